The second-order valence-corrected chi connectivity index (χ2v) is 16.0. The molecule has 6 atom stereocenters. The SMILES string of the molecule is C=CCO[C@@]12Oc3ccc(Oc4cccc([N+](=O)[O-])c4)cc3[C@H]3[C@H](CCCCO)[C@@H](CCCCO)C=C(C(=NOCC)C[C@@H]1N(Cc1ccc4c(c1)OCO4)C(=O)OCCCl)[C@H]32. The molecule has 0 radical (unpaired) electrons. The number of benzene rings is 3. The Morgan fingerprint density at radius 2 is 1.81 bits per heavy atom. The van der Waals surface area contributed by atoms with Gasteiger partial charge in [0.25, 0.3) is 5.69 Å². The Labute approximate surface area is 365 Å². The lowest BCUT2D eigenvalue weighted by molar-refractivity contribution is -0.384. The van der Waals surface area contributed by atoms with E-state index in [4.69, 9.17) is 50.0 Å². The van der Waals surface area contributed by atoms with E-state index in [0.29, 0.717) is 53.9 Å². The fourth-order valence-corrected chi connectivity index (χ4v) is 9.47. The Balaban J connectivity index is 1.44. The van der Waals surface area contributed by atoms with Crippen LogP contribution in [0, 0.1) is 27.9 Å². The highest BCUT2D eigenvalue weighted by molar-refractivity contribution is 6.18. The van der Waals surface area contributed by atoms with Crippen molar-refractivity contribution >= 4 is 29.1 Å². The molecule has 0 bridgehead atoms. The molecule has 2 aliphatic heterocycles. The number of aliphatic hydroxyl groups is 2. The van der Waals surface area contributed by atoms with Crippen LogP contribution >= 0.6 is 11.6 Å². The molecule has 0 saturated heterocycles. The highest BCUT2D eigenvalue weighted by Crippen LogP contribution is 2.62. The van der Waals surface area contributed by atoms with Crippen LogP contribution in [0.25, 0.3) is 0 Å². The quantitative estimate of drug-likeness (QED) is 0.0342. The number of ether oxygens (including phenoxy) is 6. The minimum atomic E-state index is -1.55. The molecule has 332 valence electrons. The van der Waals surface area contributed by atoms with Gasteiger partial charge < -0.3 is 43.5 Å². The summed E-state index contributed by atoms with van der Waals surface area (Å²) in [6.07, 6.45) is 7.65. The molecule has 3 aromatic rings. The summed E-state index contributed by atoms with van der Waals surface area (Å²) in [5.41, 5.74) is 2.96. The molecule has 0 aromatic heterocycles. The number of hydrogen-bond acceptors (Lipinski definition) is 13. The highest BCUT2D eigenvalue weighted by atomic mass is 35.5. The Morgan fingerprint density at radius 1 is 1.03 bits per heavy atom. The lowest BCUT2D eigenvalue weighted by Gasteiger charge is -2.59. The number of rotatable bonds is 21. The van der Waals surface area contributed by atoms with Crippen molar-refractivity contribution in [3.63, 3.8) is 0 Å². The minimum absolute atomic E-state index is 0.00249. The third-order valence-corrected chi connectivity index (χ3v) is 12.1. The summed E-state index contributed by atoms with van der Waals surface area (Å²) in [7, 11) is 0. The molecule has 1 amide bonds. The van der Waals surface area contributed by atoms with Gasteiger partial charge in [-0.15, -0.1) is 18.2 Å². The summed E-state index contributed by atoms with van der Waals surface area (Å²) in [6.45, 7) is 6.43. The van der Waals surface area contributed by atoms with E-state index in [1.807, 2.05) is 31.2 Å². The van der Waals surface area contributed by atoms with E-state index in [2.05, 4.69) is 12.7 Å². The van der Waals surface area contributed by atoms with Gasteiger partial charge in [0.15, 0.2) is 11.5 Å². The lowest BCUT2D eigenvalue weighted by atomic mass is 9.55. The van der Waals surface area contributed by atoms with E-state index in [-0.39, 0.29) is 75.5 Å². The second-order valence-electron chi connectivity index (χ2n) is 15.7. The fourth-order valence-electron chi connectivity index (χ4n) is 9.40. The number of halogens is 1. The summed E-state index contributed by atoms with van der Waals surface area (Å²) in [6, 6.07) is 16.1. The Bertz CT molecular complexity index is 2130. The first kappa shape index (κ1) is 44.7. The van der Waals surface area contributed by atoms with Gasteiger partial charge in [0.05, 0.1) is 35.1 Å². The Hall–Kier alpha value is -5.35. The molecule has 4 aliphatic rings. The minimum Gasteiger partial charge on any atom is -0.459 e. The smallest absolute Gasteiger partial charge is 0.410 e. The predicted molar refractivity (Wildman–Crippen MR) is 230 cm³/mol. The topological polar surface area (TPSA) is 181 Å². The van der Waals surface area contributed by atoms with Crippen molar-refractivity contribution in [1.29, 1.82) is 0 Å². The van der Waals surface area contributed by atoms with Crippen LogP contribution in [0.2, 0.25) is 0 Å². The van der Waals surface area contributed by atoms with Crippen LogP contribution in [0.4, 0.5) is 10.5 Å². The molecule has 2 aliphatic carbocycles. The highest BCUT2D eigenvalue weighted by Gasteiger charge is 2.65. The van der Waals surface area contributed by atoms with Crippen molar-refractivity contribution in [2.75, 3.05) is 45.7 Å². The van der Waals surface area contributed by atoms with E-state index in [9.17, 15) is 25.1 Å². The van der Waals surface area contributed by atoms with Crippen molar-refractivity contribution in [3.8, 4) is 28.7 Å². The third-order valence-electron chi connectivity index (χ3n) is 11.9. The van der Waals surface area contributed by atoms with Crippen LogP contribution in [0.3, 0.4) is 0 Å². The predicted octanol–water partition coefficient (Wildman–Crippen LogP) is 8.65. The maximum Gasteiger partial charge on any atom is 0.410 e. The van der Waals surface area contributed by atoms with Gasteiger partial charge in [0.2, 0.25) is 12.6 Å². The molecule has 62 heavy (non-hydrogen) atoms. The van der Waals surface area contributed by atoms with Crippen LogP contribution < -0.4 is 18.9 Å². The van der Waals surface area contributed by atoms with Gasteiger partial charge in [0, 0.05) is 43.7 Å². The third kappa shape index (κ3) is 9.50. The molecular weight excluding hydrogens is 822 g/mol. The number of carbonyl (C=O) groups excluding carboxylic acids is 1. The molecule has 0 unspecified atom stereocenters. The van der Waals surface area contributed by atoms with Crippen molar-refractivity contribution < 1.29 is 53.2 Å². The molecule has 2 heterocycles. The van der Waals surface area contributed by atoms with Crippen LogP contribution in [-0.2, 0) is 20.9 Å². The fraction of sp³-hybridized carbons (Fsp3) is 0.478. The number of allylic oxidation sites excluding steroid dienone is 1. The zero-order valence-electron chi connectivity index (χ0n) is 34.8. The molecule has 1 fully saturated rings. The summed E-state index contributed by atoms with van der Waals surface area (Å²) in [5, 5.41) is 36.2. The Kier molecular flexibility index (Phi) is 14.9. The number of hydrogen-bond donors (Lipinski definition) is 2. The maximum atomic E-state index is 14.5. The van der Waals surface area contributed by atoms with E-state index >= 15 is 0 Å². The number of unbranched alkanes of at least 4 members (excludes halogenated alkanes) is 2. The van der Waals surface area contributed by atoms with Crippen LogP contribution in [0.5, 0.6) is 28.7 Å². The van der Waals surface area contributed by atoms with Crippen molar-refractivity contribution in [2.45, 2.75) is 76.2 Å². The van der Waals surface area contributed by atoms with Gasteiger partial charge in [-0.25, -0.2) is 4.79 Å². The summed E-state index contributed by atoms with van der Waals surface area (Å²) < 4.78 is 37.8. The van der Waals surface area contributed by atoms with E-state index in [0.717, 1.165) is 42.4 Å². The summed E-state index contributed by atoms with van der Waals surface area (Å²) >= 11 is 6.08. The van der Waals surface area contributed by atoms with Crippen LogP contribution in [0.1, 0.15) is 68.9 Å². The first-order valence-corrected chi connectivity index (χ1v) is 21.8. The van der Waals surface area contributed by atoms with Crippen molar-refractivity contribution in [2.24, 2.45) is 22.9 Å². The molecule has 3 aromatic carbocycles. The number of nitrogens with zero attached hydrogens (tertiary/aromatic N) is 3. The number of fused-ring (bicyclic) bond motifs is 3. The average molecular weight is 876 g/mol. The van der Waals surface area contributed by atoms with E-state index in [1.165, 1.54) is 12.1 Å². The van der Waals surface area contributed by atoms with E-state index in [1.54, 1.807) is 35.2 Å². The summed E-state index contributed by atoms with van der Waals surface area (Å²) in [5.74, 6) is -0.0356. The molecule has 16 heteroatoms. The van der Waals surface area contributed by atoms with Crippen molar-refractivity contribution in [3.05, 3.63) is 106 Å². The molecular formula is C46H54ClN3O12. The molecule has 0 spiro atoms. The molecule has 15 nitrogen and oxygen atoms in total. The number of nitro groups is 1. The van der Waals surface area contributed by atoms with Crippen molar-refractivity contribution in [1.82, 2.24) is 4.90 Å². The van der Waals surface area contributed by atoms with E-state index < -0.39 is 28.8 Å². The number of amides is 1. The molecule has 1 saturated carbocycles. The normalized spacial score (nSPS) is 23.6. The lowest BCUT2D eigenvalue weighted by Crippen LogP contribution is -2.70. The van der Waals surface area contributed by atoms with Crippen LogP contribution in [-0.4, -0.2) is 89.4 Å². The largest absolute Gasteiger partial charge is 0.459 e. The van der Waals surface area contributed by atoms with Gasteiger partial charge in [0.1, 0.15) is 36.5 Å². The van der Waals surface area contributed by atoms with Gasteiger partial charge in [-0.05, 0) is 92.0 Å². The molecule has 7 rings (SSSR count). The molecule has 2 N–H and O–H groups in total. The summed E-state index contributed by atoms with van der Waals surface area (Å²) in [4.78, 5) is 33.2. The number of non-ortho nitro benzene ring substituents is 1. The van der Waals surface area contributed by atoms with Crippen LogP contribution in [0.15, 0.2) is 90.1 Å². The number of aliphatic hydroxyl groups excluding tert-OH is 2. The van der Waals surface area contributed by atoms with Gasteiger partial charge >= 0.3 is 6.09 Å². The number of nitro benzene ring substituents is 1. The Morgan fingerprint density at radius 3 is 2.56 bits per heavy atom. The average Bonchev–Trinajstić information content (AvgIpc) is 3.75. The van der Waals surface area contributed by atoms with Gasteiger partial charge in [-0.1, -0.05) is 42.3 Å². The number of oxime groups is 1. The second kappa shape index (κ2) is 20.7. The first-order valence-electron chi connectivity index (χ1n) is 21.3. The zero-order chi connectivity index (χ0) is 43.6. The number of alkyl halides is 1. The zero-order valence-corrected chi connectivity index (χ0v) is 35.6. The standard InChI is InChI=1S/C46H54ClN3O12/c1-3-21-59-46-42(49(45(53)56-22-18-47)28-30-14-16-40-41(23-30)58-29-57-40)27-38(48-60-4-2)36-24-31(10-5-7-19-51)35(13-6-8-20-52)43(44(36)46)37-26-34(15-17-39(37)62-46)61-33-12-9-11-32(25-33)50(54)55/h3,9,11-12,14-17,23-26,31,35,42-44,51-52H,1,4-8,10,13,18-22,27-29H2,2H3/t31-,35+,42-,43+,44+,46+/m0/s1. The maximum absolute atomic E-state index is 14.5. The number of carbonyl (C=O) groups is 1. The monoisotopic (exact) mass is 875 g/mol. The first-order chi connectivity index (χ1) is 30.2. The van der Waals surface area contributed by atoms with Gasteiger partial charge in [-0.2, -0.15) is 0 Å². The van der Waals surface area contributed by atoms with Gasteiger partial charge in [-0.3, -0.25) is 15.0 Å².